The lowest BCUT2D eigenvalue weighted by Crippen LogP contribution is -2.26. The molecule has 0 spiro atoms. The summed E-state index contributed by atoms with van der Waals surface area (Å²) < 4.78 is 5.33. The zero-order chi connectivity index (χ0) is 11.8. The van der Waals surface area contributed by atoms with Crippen LogP contribution in [-0.4, -0.2) is 18.6 Å². The quantitative estimate of drug-likeness (QED) is 0.836. The molecule has 1 saturated carbocycles. The van der Waals surface area contributed by atoms with Crippen molar-refractivity contribution < 1.29 is 9.53 Å². The molecule has 1 unspecified atom stereocenters. The van der Waals surface area contributed by atoms with E-state index in [0.29, 0.717) is 12.1 Å². The predicted molar refractivity (Wildman–Crippen MR) is 65.1 cm³/mol. The van der Waals surface area contributed by atoms with E-state index < -0.39 is 0 Å². The van der Waals surface area contributed by atoms with Crippen LogP contribution in [0.2, 0.25) is 0 Å². The topological polar surface area (TPSA) is 50.4 Å². The number of fused-ring (bicyclic) bond motifs is 1. The molecule has 0 radical (unpaired) electrons. The first-order valence-electron chi connectivity index (χ1n) is 6.05. The Hall–Kier alpha value is -1.55. The van der Waals surface area contributed by atoms with E-state index in [2.05, 4.69) is 23.6 Å². The first kappa shape index (κ1) is 10.6. The van der Waals surface area contributed by atoms with Gasteiger partial charge in [0.2, 0.25) is 0 Å². The van der Waals surface area contributed by atoms with Crippen LogP contribution in [0.4, 0.5) is 5.69 Å². The molecule has 17 heavy (non-hydrogen) atoms. The van der Waals surface area contributed by atoms with Crippen molar-refractivity contribution >= 4 is 11.6 Å². The van der Waals surface area contributed by atoms with Gasteiger partial charge in [-0.1, -0.05) is 6.07 Å². The minimum atomic E-state index is -0.0857. The van der Waals surface area contributed by atoms with Crippen molar-refractivity contribution in [3.05, 3.63) is 23.8 Å². The van der Waals surface area contributed by atoms with Crippen LogP contribution in [0.1, 0.15) is 31.4 Å². The van der Waals surface area contributed by atoms with Crippen molar-refractivity contribution in [2.24, 2.45) is 0 Å². The summed E-state index contributed by atoms with van der Waals surface area (Å²) in [7, 11) is 0. The highest BCUT2D eigenvalue weighted by Gasteiger charge is 2.24. The molecule has 90 valence electrons. The van der Waals surface area contributed by atoms with E-state index in [4.69, 9.17) is 4.74 Å². The van der Waals surface area contributed by atoms with Gasteiger partial charge in [0.05, 0.1) is 5.69 Å². The fraction of sp³-hybridized carbons (Fsp3) is 0.462. The molecule has 4 nitrogen and oxygen atoms in total. The Kier molecular flexibility index (Phi) is 2.52. The third-order valence-electron chi connectivity index (χ3n) is 3.20. The van der Waals surface area contributed by atoms with E-state index in [-0.39, 0.29) is 12.5 Å². The summed E-state index contributed by atoms with van der Waals surface area (Å²) in [6.07, 6.45) is 2.55. The Morgan fingerprint density at radius 3 is 3.06 bits per heavy atom. The first-order chi connectivity index (χ1) is 8.22. The predicted octanol–water partition coefficient (Wildman–Crippen LogP) is 1.83. The van der Waals surface area contributed by atoms with Crippen LogP contribution in [0.3, 0.4) is 0 Å². The van der Waals surface area contributed by atoms with E-state index in [1.54, 1.807) is 0 Å². The zero-order valence-electron chi connectivity index (χ0n) is 9.82. The fourth-order valence-corrected chi connectivity index (χ4v) is 2.07. The van der Waals surface area contributed by atoms with Gasteiger partial charge in [0, 0.05) is 12.1 Å². The lowest BCUT2D eigenvalue weighted by atomic mass is 10.1. The SMILES string of the molecule is CC(NC1CC1)c1ccc2c(c1)NC(=O)CO2. The van der Waals surface area contributed by atoms with Crippen LogP contribution in [0.15, 0.2) is 18.2 Å². The van der Waals surface area contributed by atoms with Crippen LogP contribution in [0, 0.1) is 0 Å². The number of benzene rings is 1. The molecule has 3 rings (SSSR count). The van der Waals surface area contributed by atoms with E-state index in [1.165, 1.54) is 18.4 Å². The summed E-state index contributed by atoms with van der Waals surface area (Å²) in [5, 5.41) is 6.37. The third kappa shape index (κ3) is 2.26. The van der Waals surface area contributed by atoms with Gasteiger partial charge in [-0.05, 0) is 37.5 Å². The van der Waals surface area contributed by atoms with E-state index in [1.807, 2.05) is 12.1 Å². The number of carbonyl (C=O) groups is 1. The maximum absolute atomic E-state index is 11.2. The minimum absolute atomic E-state index is 0.0857. The molecular formula is C13H16N2O2. The van der Waals surface area contributed by atoms with Crippen LogP contribution in [0.25, 0.3) is 0 Å². The summed E-state index contributed by atoms with van der Waals surface area (Å²) in [6, 6.07) is 6.95. The summed E-state index contributed by atoms with van der Waals surface area (Å²) >= 11 is 0. The molecule has 1 aromatic rings. The lowest BCUT2D eigenvalue weighted by molar-refractivity contribution is -0.118. The smallest absolute Gasteiger partial charge is 0.262 e. The Bertz CT molecular complexity index is 455. The normalized spacial score (nSPS) is 20.2. The van der Waals surface area contributed by atoms with Crippen LogP contribution >= 0.6 is 0 Å². The summed E-state index contributed by atoms with van der Waals surface area (Å²) in [5.74, 6) is 0.671. The fourth-order valence-electron chi connectivity index (χ4n) is 2.07. The van der Waals surface area contributed by atoms with E-state index in [0.717, 1.165) is 11.4 Å². The van der Waals surface area contributed by atoms with Crippen molar-refractivity contribution in [3.63, 3.8) is 0 Å². The highest BCUT2D eigenvalue weighted by atomic mass is 16.5. The maximum Gasteiger partial charge on any atom is 0.262 e. The number of ether oxygens (including phenoxy) is 1. The number of hydrogen-bond acceptors (Lipinski definition) is 3. The summed E-state index contributed by atoms with van der Waals surface area (Å²) in [6.45, 7) is 2.26. The molecule has 1 fully saturated rings. The van der Waals surface area contributed by atoms with Gasteiger partial charge in [-0.3, -0.25) is 4.79 Å². The van der Waals surface area contributed by atoms with E-state index in [9.17, 15) is 4.79 Å². The molecule has 1 amide bonds. The van der Waals surface area contributed by atoms with Gasteiger partial charge in [0.1, 0.15) is 5.75 Å². The molecular weight excluding hydrogens is 216 g/mol. The van der Waals surface area contributed by atoms with Gasteiger partial charge in [-0.25, -0.2) is 0 Å². The molecule has 1 aromatic carbocycles. The van der Waals surface area contributed by atoms with Crippen LogP contribution in [-0.2, 0) is 4.79 Å². The Morgan fingerprint density at radius 1 is 1.47 bits per heavy atom. The second kappa shape index (κ2) is 4.04. The summed E-state index contributed by atoms with van der Waals surface area (Å²) in [5.41, 5.74) is 1.96. The molecule has 0 saturated heterocycles. The molecule has 2 N–H and O–H groups in total. The van der Waals surface area contributed by atoms with Crippen molar-refractivity contribution in [3.8, 4) is 5.75 Å². The molecule has 0 aromatic heterocycles. The average molecular weight is 232 g/mol. The van der Waals surface area contributed by atoms with Crippen molar-refractivity contribution in [1.29, 1.82) is 0 Å². The highest BCUT2D eigenvalue weighted by molar-refractivity contribution is 5.95. The number of nitrogens with one attached hydrogen (secondary N) is 2. The highest BCUT2D eigenvalue weighted by Crippen LogP contribution is 2.31. The van der Waals surface area contributed by atoms with Crippen molar-refractivity contribution in [2.75, 3.05) is 11.9 Å². The van der Waals surface area contributed by atoms with Crippen LogP contribution < -0.4 is 15.4 Å². The summed E-state index contributed by atoms with van der Waals surface area (Å²) in [4.78, 5) is 11.2. The monoisotopic (exact) mass is 232 g/mol. The van der Waals surface area contributed by atoms with Crippen LogP contribution in [0.5, 0.6) is 5.75 Å². The van der Waals surface area contributed by atoms with E-state index >= 15 is 0 Å². The number of amides is 1. The molecule has 0 bridgehead atoms. The standard InChI is InChI=1S/C13H16N2O2/c1-8(14-10-3-4-10)9-2-5-12-11(6-9)15-13(16)7-17-12/h2,5-6,8,10,14H,3-4,7H2,1H3,(H,15,16). The Balaban J connectivity index is 1.81. The molecule has 4 heteroatoms. The Labute approximate surface area is 100 Å². The number of rotatable bonds is 3. The van der Waals surface area contributed by atoms with Gasteiger partial charge in [-0.15, -0.1) is 0 Å². The lowest BCUT2D eigenvalue weighted by Gasteiger charge is -2.20. The largest absolute Gasteiger partial charge is 0.482 e. The maximum atomic E-state index is 11.2. The van der Waals surface area contributed by atoms with Gasteiger partial charge < -0.3 is 15.4 Å². The second-order valence-corrected chi connectivity index (χ2v) is 4.76. The molecule has 1 aliphatic heterocycles. The van der Waals surface area contributed by atoms with Gasteiger partial charge in [0.15, 0.2) is 6.61 Å². The zero-order valence-corrected chi connectivity index (χ0v) is 9.82. The van der Waals surface area contributed by atoms with Crippen molar-refractivity contribution in [2.45, 2.75) is 31.8 Å². The minimum Gasteiger partial charge on any atom is -0.482 e. The number of anilines is 1. The van der Waals surface area contributed by atoms with Gasteiger partial charge in [-0.2, -0.15) is 0 Å². The van der Waals surface area contributed by atoms with Crippen molar-refractivity contribution in [1.82, 2.24) is 5.32 Å². The van der Waals surface area contributed by atoms with Gasteiger partial charge in [0.25, 0.3) is 5.91 Å². The molecule has 1 atom stereocenters. The van der Waals surface area contributed by atoms with Gasteiger partial charge >= 0.3 is 0 Å². The Morgan fingerprint density at radius 2 is 2.29 bits per heavy atom. The molecule has 1 aliphatic carbocycles. The molecule has 2 aliphatic rings. The first-order valence-corrected chi connectivity index (χ1v) is 6.05. The molecule has 1 heterocycles. The number of hydrogen-bond donors (Lipinski definition) is 2. The number of carbonyl (C=O) groups excluding carboxylic acids is 1. The second-order valence-electron chi connectivity index (χ2n) is 4.76. The average Bonchev–Trinajstić information content (AvgIpc) is 3.12. The third-order valence-corrected chi connectivity index (χ3v) is 3.20.